The van der Waals surface area contributed by atoms with E-state index in [-0.39, 0.29) is 83.0 Å². The van der Waals surface area contributed by atoms with Crippen LogP contribution in [0.5, 0.6) is 0 Å². The molecule has 108 heavy (non-hydrogen) atoms. The Morgan fingerprint density at radius 2 is 0.824 bits per heavy atom. The Hall–Kier alpha value is -8.28. The molecule has 0 unspecified atom stereocenters. The van der Waals surface area contributed by atoms with Crippen LogP contribution < -0.4 is 50.7 Å². The number of likely N-dealkylation sites (tertiary alicyclic amines) is 2. The number of aromatic nitrogens is 6. The molecule has 0 radical (unpaired) electrons. The molecule has 4 aromatic heterocycles. The SMILES string of the molecule is CC(C)(C)OC(=O)NC1CN(c2cc(Cl)nc3cc([C@@H]4CCCCN4C(=O)c4cc(Cl)ccc4NS(C)(=O)=O)nn23)C1.CC(C)(C)OC(=O)NC1CN(c2cc(N3CC(NC(=O)OC(C)(C)C)C3)n3nc([C@@H]4CCCCN4C(=O)c4cc(Cl)ccc4NS(C)(=O)=O)cc3n2)C1.CC(C)(C)OC(=O)NC1CNC1.Cl. The van der Waals surface area contributed by atoms with Gasteiger partial charge in [0.25, 0.3) is 11.8 Å². The summed E-state index contributed by atoms with van der Waals surface area (Å²) in [6, 6.07) is 15.4. The number of hydrogen-bond acceptors (Lipinski definition) is 22. The second-order valence-corrected chi connectivity index (χ2v) is 36.2. The molecule has 6 aliphatic rings. The maximum absolute atomic E-state index is 14.2. The lowest BCUT2D eigenvalue weighted by Crippen LogP contribution is -2.61. The quantitative estimate of drug-likeness (QED) is 0.0371. The van der Waals surface area contributed by atoms with E-state index in [9.17, 15) is 45.6 Å². The number of benzene rings is 2. The lowest BCUT2D eigenvalue weighted by Gasteiger charge is -2.43. The van der Waals surface area contributed by atoms with Crippen molar-refractivity contribution in [2.75, 3.05) is 102 Å². The van der Waals surface area contributed by atoms with E-state index in [4.69, 9.17) is 68.9 Å². The summed E-state index contributed by atoms with van der Waals surface area (Å²) in [5.74, 6) is 1.44. The van der Waals surface area contributed by atoms with Gasteiger partial charge in [0.15, 0.2) is 11.3 Å². The number of amides is 6. The molecule has 2 aromatic carbocycles. The first kappa shape index (κ1) is 83.8. The van der Waals surface area contributed by atoms with Crippen LogP contribution in [0.3, 0.4) is 0 Å². The lowest BCUT2D eigenvalue weighted by molar-refractivity contribution is 0.0478. The van der Waals surface area contributed by atoms with Gasteiger partial charge < -0.3 is 70.0 Å². The highest BCUT2D eigenvalue weighted by Crippen LogP contribution is 2.39. The Morgan fingerprint density at radius 1 is 0.472 bits per heavy atom. The Labute approximate surface area is 650 Å². The van der Waals surface area contributed by atoms with Crippen LogP contribution in [0.2, 0.25) is 15.2 Å². The number of rotatable bonds is 15. The summed E-state index contributed by atoms with van der Waals surface area (Å²) in [7, 11) is -7.30. The molecule has 6 saturated heterocycles. The summed E-state index contributed by atoms with van der Waals surface area (Å²) in [6.45, 7) is 27.6. The fourth-order valence-corrected chi connectivity index (χ4v) is 14.3. The predicted octanol–water partition coefficient (Wildman–Crippen LogP) is 9.94. The maximum atomic E-state index is 14.2. The van der Waals surface area contributed by atoms with E-state index in [1.165, 1.54) is 36.4 Å². The van der Waals surface area contributed by atoms with E-state index >= 15 is 0 Å². The van der Waals surface area contributed by atoms with Gasteiger partial charge in [0.2, 0.25) is 20.0 Å². The molecule has 32 nitrogen and oxygen atoms in total. The van der Waals surface area contributed by atoms with Gasteiger partial charge in [-0.15, -0.1) is 12.4 Å². The van der Waals surface area contributed by atoms with Crippen molar-refractivity contribution in [3.05, 3.63) is 98.4 Å². The Bertz CT molecular complexity index is 4540. The molecule has 6 fully saturated rings. The van der Waals surface area contributed by atoms with Crippen molar-refractivity contribution in [2.45, 2.75) is 180 Å². The third-order valence-electron chi connectivity index (χ3n) is 17.3. The number of sulfonamides is 2. The predicted molar refractivity (Wildman–Crippen MR) is 415 cm³/mol. The summed E-state index contributed by atoms with van der Waals surface area (Å²) in [5, 5.41) is 25.3. The van der Waals surface area contributed by atoms with Gasteiger partial charge in [-0.1, -0.05) is 34.8 Å². The van der Waals surface area contributed by atoms with E-state index in [1.54, 1.807) is 24.9 Å². The number of anilines is 5. The van der Waals surface area contributed by atoms with Gasteiger partial charge in [0, 0.05) is 99.8 Å². The van der Waals surface area contributed by atoms with Crippen LogP contribution in [0.15, 0.2) is 60.7 Å². The summed E-state index contributed by atoms with van der Waals surface area (Å²) in [6.07, 6.45) is 4.93. The summed E-state index contributed by atoms with van der Waals surface area (Å²) < 4.78 is 77.8. The summed E-state index contributed by atoms with van der Waals surface area (Å²) in [5.41, 5.74) is 0.781. The lowest BCUT2D eigenvalue weighted by atomic mass is 9.98. The van der Waals surface area contributed by atoms with Crippen molar-refractivity contribution in [1.82, 2.24) is 65.6 Å². The third-order valence-corrected chi connectivity index (χ3v) is 19.2. The van der Waals surface area contributed by atoms with Crippen LogP contribution in [0.25, 0.3) is 11.3 Å². The number of fused-ring (bicyclic) bond motifs is 2. The number of carbonyl (C=O) groups excluding carboxylic acids is 6. The Kier molecular flexibility index (Phi) is 26.0. The van der Waals surface area contributed by atoms with Crippen LogP contribution in [0, 0.1) is 0 Å². The molecule has 0 bridgehead atoms. The largest absolute Gasteiger partial charge is 0.444 e. The number of alkyl carbamates (subject to hydrolysis) is 4. The Balaban J connectivity index is 0.000000218. The van der Waals surface area contributed by atoms with Crippen molar-refractivity contribution in [3.8, 4) is 0 Å². The number of halogens is 4. The zero-order valence-corrected chi connectivity index (χ0v) is 67.8. The van der Waals surface area contributed by atoms with Gasteiger partial charge in [-0.05, 0) is 158 Å². The minimum absolute atomic E-state index is 0. The molecule has 10 heterocycles. The molecule has 592 valence electrons. The number of nitrogens with one attached hydrogen (secondary N) is 7. The maximum Gasteiger partial charge on any atom is 0.407 e. The highest BCUT2D eigenvalue weighted by molar-refractivity contribution is 7.92. The van der Waals surface area contributed by atoms with Crippen molar-refractivity contribution in [3.63, 3.8) is 0 Å². The zero-order valence-electron chi connectivity index (χ0n) is 63.0. The van der Waals surface area contributed by atoms with Gasteiger partial charge in [-0.3, -0.25) is 19.0 Å². The number of ether oxygens (including phenoxy) is 4. The molecule has 12 rings (SSSR count). The minimum Gasteiger partial charge on any atom is -0.444 e. The fourth-order valence-electron chi connectivity index (χ4n) is 12.6. The van der Waals surface area contributed by atoms with E-state index in [2.05, 4.69) is 50.8 Å². The van der Waals surface area contributed by atoms with E-state index < -0.39 is 66.8 Å². The summed E-state index contributed by atoms with van der Waals surface area (Å²) >= 11 is 18.9. The van der Waals surface area contributed by atoms with Crippen LogP contribution in [-0.4, -0.2) is 217 Å². The molecular weight excluding hydrogens is 1520 g/mol. The Morgan fingerprint density at radius 3 is 1.18 bits per heavy atom. The highest BCUT2D eigenvalue weighted by atomic mass is 35.5. The van der Waals surface area contributed by atoms with Crippen LogP contribution >= 0.6 is 47.2 Å². The summed E-state index contributed by atoms with van der Waals surface area (Å²) in [4.78, 5) is 95.1. The smallest absolute Gasteiger partial charge is 0.407 e. The van der Waals surface area contributed by atoms with E-state index in [1.807, 2.05) is 106 Å². The standard InChI is InChI=1S/C35H48ClN9O7S.C27H33Cl2N7O5S.C8H16N2O2.ClH/c1-34(2,3)51-32(47)37-22-17-42(18-22)28-16-30(43-19-23(20-43)38-33(48)52-35(4,5)6)45-29(39-28)15-26(40-45)27-10-8-9-13-44(27)31(46)24-14-21(36)11-12-25(24)41-53(7,49)50;1-27(2,3)41-26(38)30-17-14-34(15-17)24-13-22(29)31-23-12-20(32-36(23)24)21-7-5-6-10-35(21)25(37)18-11-16(28)8-9-19(18)33-42(4,39)40;1-8(2,3)12-7(11)10-6-4-9-5-6;/h11-12,14-16,22-23,27,41H,8-10,13,17-20H2,1-7H3,(H,37,47)(H,38,48);8-9,11-13,17,21,33H,5-7,10,14-15H2,1-4H3,(H,30,38);6,9H,4-5H2,1-3H3,(H,10,11);1H/t27-;21-;;/m00../s1. The van der Waals surface area contributed by atoms with Crippen molar-refractivity contribution in [1.29, 1.82) is 0 Å². The second-order valence-electron chi connectivity index (χ2n) is 31.5. The normalized spacial score (nSPS) is 18.2. The highest BCUT2D eigenvalue weighted by Gasteiger charge is 2.40. The van der Waals surface area contributed by atoms with Crippen LogP contribution in [-0.2, 0) is 39.0 Å². The molecule has 0 saturated carbocycles. The number of nitrogens with zero attached hydrogens (tertiary/aromatic N) is 11. The van der Waals surface area contributed by atoms with Gasteiger partial charge in [-0.25, -0.2) is 46.0 Å². The van der Waals surface area contributed by atoms with Crippen molar-refractivity contribution >= 4 is 144 Å². The van der Waals surface area contributed by atoms with Gasteiger partial charge in [0.1, 0.15) is 45.0 Å². The molecule has 7 N–H and O–H groups in total. The fraction of sp³-hybridized carbons (Fsp3) is 0.571. The molecule has 0 spiro atoms. The average Bonchev–Trinajstić information content (AvgIpc) is 1.44. The first-order valence-corrected chi connectivity index (χ1v) is 40.3. The topological polar surface area (TPSA) is 368 Å². The first-order chi connectivity index (χ1) is 49.8. The molecule has 6 aromatic rings. The minimum atomic E-state index is -3.67. The third kappa shape index (κ3) is 22.9. The molecular formula is C70H98Cl4N18O14S2. The van der Waals surface area contributed by atoms with Gasteiger partial charge >= 0.3 is 24.4 Å². The van der Waals surface area contributed by atoms with E-state index in [0.29, 0.717) is 115 Å². The monoisotopic (exact) mass is 1620 g/mol. The number of hydrogen-bond donors (Lipinski definition) is 7. The molecule has 0 aliphatic carbocycles. The van der Waals surface area contributed by atoms with Crippen molar-refractivity contribution < 1.29 is 64.6 Å². The average molecular weight is 1620 g/mol. The molecule has 6 aliphatic heterocycles. The van der Waals surface area contributed by atoms with Crippen molar-refractivity contribution in [2.24, 2.45) is 0 Å². The second kappa shape index (κ2) is 33.5. The molecule has 38 heteroatoms. The van der Waals surface area contributed by atoms with Crippen LogP contribution in [0.4, 0.5) is 48.0 Å². The molecule has 2 atom stereocenters. The zero-order chi connectivity index (χ0) is 78.0. The van der Waals surface area contributed by atoms with Crippen LogP contribution in [0.1, 0.15) is 166 Å². The first-order valence-electron chi connectivity index (χ1n) is 35.4. The number of piperidine rings is 2. The van der Waals surface area contributed by atoms with Gasteiger partial charge in [0.05, 0.1) is 82.7 Å². The van der Waals surface area contributed by atoms with E-state index in [0.717, 1.165) is 57.1 Å². The molecule has 6 amide bonds. The number of carbonyl (C=O) groups is 6. The van der Waals surface area contributed by atoms with Gasteiger partial charge in [-0.2, -0.15) is 19.2 Å².